The van der Waals surface area contributed by atoms with Crippen molar-refractivity contribution in [2.24, 2.45) is 0 Å². The zero-order chi connectivity index (χ0) is 12.4. The fourth-order valence-corrected chi connectivity index (χ4v) is 2.51. The molecule has 1 aliphatic rings. The van der Waals surface area contributed by atoms with Gasteiger partial charge in [-0.15, -0.1) is 0 Å². The maximum absolute atomic E-state index is 4.70. The first-order chi connectivity index (χ1) is 8.86. The van der Waals surface area contributed by atoms with Crippen LogP contribution in [0.15, 0.2) is 24.5 Å². The Morgan fingerprint density at radius 2 is 2.33 bits per heavy atom. The van der Waals surface area contributed by atoms with Gasteiger partial charge in [-0.25, -0.2) is 9.97 Å². The van der Waals surface area contributed by atoms with Gasteiger partial charge < -0.3 is 10.3 Å². The zero-order valence-corrected chi connectivity index (χ0v) is 10.6. The summed E-state index contributed by atoms with van der Waals surface area (Å²) in [4.78, 5) is 12.2. The Bertz CT molecular complexity index is 519. The number of nitrogens with zero attached hydrogens (tertiary/aromatic N) is 2. The van der Waals surface area contributed by atoms with Crippen LogP contribution in [0, 0.1) is 0 Å². The van der Waals surface area contributed by atoms with Gasteiger partial charge in [0.25, 0.3) is 0 Å². The molecule has 2 N–H and O–H groups in total. The van der Waals surface area contributed by atoms with Crippen LogP contribution >= 0.6 is 0 Å². The van der Waals surface area contributed by atoms with E-state index in [1.54, 1.807) is 6.20 Å². The first kappa shape index (κ1) is 11.3. The molecule has 1 aliphatic carbocycles. The van der Waals surface area contributed by atoms with Crippen LogP contribution in [0.4, 0.5) is 5.82 Å². The van der Waals surface area contributed by atoms with Crippen molar-refractivity contribution in [3.8, 4) is 0 Å². The fourth-order valence-electron chi connectivity index (χ4n) is 2.51. The summed E-state index contributed by atoms with van der Waals surface area (Å²) < 4.78 is 0. The Labute approximate surface area is 107 Å². The van der Waals surface area contributed by atoms with E-state index in [1.165, 1.54) is 24.1 Å². The average Bonchev–Trinajstić information content (AvgIpc) is 3.06. The van der Waals surface area contributed by atoms with E-state index in [9.17, 15) is 0 Å². The van der Waals surface area contributed by atoms with E-state index in [4.69, 9.17) is 4.98 Å². The van der Waals surface area contributed by atoms with Crippen molar-refractivity contribution >= 4 is 5.82 Å². The molecule has 0 fully saturated rings. The maximum Gasteiger partial charge on any atom is 0.128 e. The highest BCUT2D eigenvalue weighted by atomic mass is 15.1. The molecule has 0 radical (unpaired) electrons. The van der Waals surface area contributed by atoms with E-state index >= 15 is 0 Å². The lowest BCUT2D eigenvalue weighted by Gasteiger charge is -2.16. The van der Waals surface area contributed by atoms with Crippen LogP contribution in [0.25, 0.3) is 0 Å². The molecule has 2 heterocycles. The number of pyridine rings is 1. The summed E-state index contributed by atoms with van der Waals surface area (Å²) in [7, 11) is 0. The first-order valence-electron chi connectivity index (χ1n) is 6.61. The number of aromatic nitrogens is 3. The van der Waals surface area contributed by atoms with Crippen LogP contribution in [0.1, 0.15) is 42.9 Å². The Morgan fingerprint density at radius 1 is 1.39 bits per heavy atom. The number of hydrogen-bond donors (Lipinski definition) is 2. The minimum Gasteiger partial charge on any atom is -0.360 e. The quantitative estimate of drug-likeness (QED) is 0.866. The number of nitrogens with one attached hydrogen (secondary N) is 2. The number of rotatable bonds is 4. The molecule has 0 amide bonds. The lowest BCUT2D eigenvalue weighted by atomic mass is 10.2. The fraction of sp³-hybridized carbons (Fsp3) is 0.429. The SMILES string of the molecule is CCC(Nc1ccc2c(n1)CCC2)c1ncc[nH]1. The van der Waals surface area contributed by atoms with Gasteiger partial charge in [0.2, 0.25) is 0 Å². The Balaban J connectivity index is 1.79. The van der Waals surface area contributed by atoms with Gasteiger partial charge in [0, 0.05) is 18.1 Å². The van der Waals surface area contributed by atoms with Crippen LogP contribution < -0.4 is 5.32 Å². The van der Waals surface area contributed by atoms with Crippen molar-refractivity contribution < 1.29 is 0 Å². The number of anilines is 1. The second-order valence-electron chi connectivity index (χ2n) is 4.74. The Kier molecular flexibility index (Phi) is 3.00. The number of aryl methyl sites for hydroxylation is 2. The number of H-pyrrole nitrogens is 1. The average molecular weight is 242 g/mol. The van der Waals surface area contributed by atoms with Gasteiger partial charge in [-0.05, 0) is 37.3 Å². The minimum absolute atomic E-state index is 0.201. The predicted octanol–water partition coefficient (Wildman–Crippen LogP) is 2.86. The van der Waals surface area contributed by atoms with Crippen molar-refractivity contribution in [1.29, 1.82) is 0 Å². The minimum atomic E-state index is 0.201. The highest BCUT2D eigenvalue weighted by Crippen LogP contribution is 2.24. The largest absolute Gasteiger partial charge is 0.360 e. The molecule has 1 unspecified atom stereocenters. The molecule has 0 saturated carbocycles. The number of imidazole rings is 1. The van der Waals surface area contributed by atoms with E-state index in [0.29, 0.717) is 0 Å². The summed E-state index contributed by atoms with van der Waals surface area (Å²) in [6.45, 7) is 2.15. The molecule has 3 rings (SSSR count). The number of aromatic amines is 1. The summed E-state index contributed by atoms with van der Waals surface area (Å²) in [5.74, 6) is 1.93. The number of hydrogen-bond acceptors (Lipinski definition) is 3. The second kappa shape index (κ2) is 4.80. The maximum atomic E-state index is 4.70. The molecule has 0 spiro atoms. The molecule has 4 heteroatoms. The molecular weight excluding hydrogens is 224 g/mol. The lowest BCUT2D eigenvalue weighted by molar-refractivity contribution is 0.699. The highest BCUT2D eigenvalue weighted by molar-refractivity contribution is 5.41. The van der Waals surface area contributed by atoms with Gasteiger partial charge in [0.05, 0.1) is 6.04 Å². The van der Waals surface area contributed by atoms with E-state index in [2.05, 4.69) is 34.3 Å². The topological polar surface area (TPSA) is 53.6 Å². The van der Waals surface area contributed by atoms with Crippen LogP contribution in [-0.4, -0.2) is 15.0 Å². The van der Waals surface area contributed by atoms with Crippen molar-refractivity contribution in [2.75, 3.05) is 5.32 Å². The zero-order valence-electron chi connectivity index (χ0n) is 10.6. The van der Waals surface area contributed by atoms with Gasteiger partial charge in [-0.2, -0.15) is 0 Å². The van der Waals surface area contributed by atoms with Crippen molar-refractivity contribution in [3.05, 3.63) is 41.6 Å². The number of fused-ring (bicyclic) bond motifs is 1. The molecule has 0 bridgehead atoms. The Morgan fingerprint density at radius 3 is 3.11 bits per heavy atom. The second-order valence-corrected chi connectivity index (χ2v) is 4.74. The third-order valence-corrected chi connectivity index (χ3v) is 3.51. The van der Waals surface area contributed by atoms with Crippen molar-refractivity contribution in [2.45, 2.75) is 38.6 Å². The third kappa shape index (κ3) is 2.10. The molecule has 18 heavy (non-hydrogen) atoms. The molecule has 0 aromatic carbocycles. The monoisotopic (exact) mass is 242 g/mol. The molecule has 2 aromatic rings. The van der Waals surface area contributed by atoms with Gasteiger partial charge in [0.15, 0.2) is 0 Å². The summed E-state index contributed by atoms with van der Waals surface area (Å²) >= 11 is 0. The van der Waals surface area contributed by atoms with E-state index < -0.39 is 0 Å². The van der Waals surface area contributed by atoms with Crippen LogP contribution in [-0.2, 0) is 12.8 Å². The summed E-state index contributed by atoms with van der Waals surface area (Å²) in [5.41, 5.74) is 2.67. The van der Waals surface area contributed by atoms with Gasteiger partial charge >= 0.3 is 0 Å². The van der Waals surface area contributed by atoms with Crippen LogP contribution in [0.3, 0.4) is 0 Å². The molecule has 0 aliphatic heterocycles. The van der Waals surface area contributed by atoms with E-state index in [0.717, 1.165) is 24.5 Å². The van der Waals surface area contributed by atoms with Crippen molar-refractivity contribution in [1.82, 2.24) is 15.0 Å². The van der Waals surface area contributed by atoms with Gasteiger partial charge in [-0.1, -0.05) is 13.0 Å². The van der Waals surface area contributed by atoms with Crippen LogP contribution in [0.5, 0.6) is 0 Å². The third-order valence-electron chi connectivity index (χ3n) is 3.51. The summed E-state index contributed by atoms with van der Waals surface area (Å²) in [5, 5.41) is 3.46. The molecule has 1 atom stereocenters. The van der Waals surface area contributed by atoms with E-state index in [1.807, 2.05) is 6.20 Å². The van der Waals surface area contributed by atoms with E-state index in [-0.39, 0.29) is 6.04 Å². The van der Waals surface area contributed by atoms with Crippen LogP contribution in [0.2, 0.25) is 0 Å². The lowest BCUT2D eigenvalue weighted by Crippen LogP contribution is -2.12. The predicted molar refractivity (Wildman–Crippen MR) is 71.5 cm³/mol. The van der Waals surface area contributed by atoms with Crippen molar-refractivity contribution in [3.63, 3.8) is 0 Å². The smallest absolute Gasteiger partial charge is 0.128 e. The standard InChI is InChI=1S/C14H18N4/c1-2-11(14-15-8-9-16-14)17-13-7-6-10-4-3-5-12(10)18-13/h6-9,11H,2-5H2,1H3,(H,15,16)(H,17,18). The highest BCUT2D eigenvalue weighted by Gasteiger charge is 2.15. The molecule has 0 saturated heterocycles. The van der Waals surface area contributed by atoms with Gasteiger partial charge in [0.1, 0.15) is 11.6 Å². The molecule has 94 valence electrons. The molecule has 4 nitrogen and oxygen atoms in total. The Hall–Kier alpha value is -1.84. The summed E-state index contributed by atoms with van der Waals surface area (Å²) in [6.07, 6.45) is 8.15. The normalized spacial score (nSPS) is 15.4. The molecular formula is C14H18N4. The van der Waals surface area contributed by atoms with Gasteiger partial charge in [-0.3, -0.25) is 0 Å². The summed E-state index contributed by atoms with van der Waals surface area (Å²) in [6, 6.07) is 4.48. The first-order valence-corrected chi connectivity index (χ1v) is 6.61. The molecule has 2 aromatic heterocycles.